The molecular formula is C21H25N3O4. The number of ether oxygens (including phenoxy) is 3. The Kier molecular flexibility index (Phi) is 5.41. The van der Waals surface area contributed by atoms with Crippen LogP contribution < -0.4 is 24.4 Å². The molecule has 2 aromatic rings. The van der Waals surface area contributed by atoms with Crippen molar-refractivity contribution < 1.29 is 19.0 Å². The maximum Gasteiger partial charge on any atom is 0.231 e. The third-order valence-corrected chi connectivity index (χ3v) is 5.11. The zero-order chi connectivity index (χ0) is 19.3. The largest absolute Gasteiger partial charge is 0.497 e. The van der Waals surface area contributed by atoms with Crippen LogP contribution in [0, 0.1) is 0 Å². The van der Waals surface area contributed by atoms with Gasteiger partial charge < -0.3 is 29.3 Å². The van der Waals surface area contributed by atoms with Crippen molar-refractivity contribution in [2.45, 2.75) is 6.42 Å². The van der Waals surface area contributed by atoms with Crippen LogP contribution in [0.2, 0.25) is 0 Å². The third-order valence-electron chi connectivity index (χ3n) is 5.11. The zero-order valence-corrected chi connectivity index (χ0v) is 16.0. The standard InChI is InChI=1S/C21H25N3O4/c1-26-18-5-3-17(4-6-18)23-10-12-24(13-11-23)21(25)8-9-22-16-2-7-19-20(14-16)28-15-27-19/h2-7,14,22H,8-13,15H2,1H3. The van der Waals surface area contributed by atoms with E-state index < -0.39 is 0 Å². The molecule has 1 fully saturated rings. The highest BCUT2D eigenvalue weighted by Gasteiger charge is 2.21. The van der Waals surface area contributed by atoms with Crippen molar-refractivity contribution in [3.8, 4) is 17.2 Å². The molecule has 148 valence electrons. The predicted molar refractivity (Wildman–Crippen MR) is 107 cm³/mol. The van der Waals surface area contributed by atoms with E-state index in [0.29, 0.717) is 13.0 Å². The molecule has 0 aliphatic carbocycles. The molecule has 0 unspecified atom stereocenters. The number of piperazine rings is 1. The Labute approximate surface area is 164 Å². The van der Waals surface area contributed by atoms with Gasteiger partial charge in [0.25, 0.3) is 0 Å². The van der Waals surface area contributed by atoms with Crippen molar-refractivity contribution in [2.24, 2.45) is 0 Å². The van der Waals surface area contributed by atoms with Crippen molar-refractivity contribution in [1.29, 1.82) is 0 Å². The van der Waals surface area contributed by atoms with E-state index in [2.05, 4.69) is 22.3 Å². The lowest BCUT2D eigenvalue weighted by Gasteiger charge is -2.36. The molecule has 2 heterocycles. The quantitative estimate of drug-likeness (QED) is 0.827. The number of hydrogen-bond acceptors (Lipinski definition) is 6. The minimum absolute atomic E-state index is 0.183. The summed E-state index contributed by atoms with van der Waals surface area (Å²) in [6.07, 6.45) is 0.469. The normalized spacial score (nSPS) is 15.5. The Morgan fingerprint density at radius 2 is 1.79 bits per heavy atom. The van der Waals surface area contributed by atoms with E-state index in [9.17, 15) is 4.79 Å². The summed E-state index contributed by atoms with van der Waals surface area (Å²) in [6, 6.07) is 13.8. The van der Waals surface area contributed by atoms with Gasteiger partial charge in [0.1, 0.15) is 5.75 Å². The molecule has 7 nitrogen and oxygen atoms in total. The Bertz CT molecular complexity index is 817. The van der Waals surface area contributed by atoms with E-state index in [-0.39, 0.29) is 12.7 Å². The van der Waals surface area contributed by atoms with E-state index in [1.54, 1.807) is 7.11 Å². The lowest BCUT2D eigenvalue weighted by molar-refractivity contribution is -0.131. The number of benzene rings is 2. The smallest absolute Gasteiger partial charge is 0.231 e. The van der Waals surface area contributed by atoms with E-state index in [0.717, 1.165) is 54.8 Å². The molecule has 0 saturated carbocycles. The Hall–Kier alpha value is -3.09. The molecule has 0 aromatic heterocycles. The first-order valence-electron chi connectivity index (χ1n) is 9.53. The summed E-state index contributed by atoms with van der Waals surface area (Å²) in [5.74, 6) is 2.54. The summed E-state index contributed by atoms with van der Waals surface area (Å²) >= 11 is 0. The number of rotatable bonds is 6. The van der Waals surface area contributed by atoms with Crippen LogP contribution in [-0.2, 0) is 4.79 Å². The molecule has 4 rings (SSSR count). The van der Waals surface area contributed by atoms with E-state index >= 15 is 0 Å². The molecule has 28 heavy (non-hydrogen) atoms. The van der Waals surface area contributed by atoms with Crippen LogP contribution in [0.3, 0.4) is 0 Å². The van der Waals surface area contributed by atoms with E-state index in [1.807, 2.05) is 35.2 Å². The topological polar surface area (TPSA) is 63.3 Å². The highest BCUT2D eigenvalue weighted by molar-refractivity contribution is 5.77. The highest BCUT2D eigenvalue weighted by Crippen LogP contribution is 2.34. The second kappa shape index (κ2) is 8.29. The van der Waals surface area contributed by atoms with Crippen LogP contribution in [0.15, 0.2) is 42.5 Å². The SMILES string of the molecule is COc1ccc(N2CCN(C(=O)CCNc3ccc4c(c3)OCO4)CC2)cc1. The number of carbonyl (C=O) groups is 1. The number of nitrogens with zero attached hydrogens (tertiary/aromatic N) is 2. The van der Waals surface area contributed by atoms with Crippen molar-refractivity contribution >= 4 is 17.3 Å². The molecule has 0 bridgehead atoms. The van der Waals surface area contributed by atoms with Gasteiger partial charge in [-0.15, -0.1) is 0 Å². The van der Waals surface area contributed by atoms with Gasteiger partial charge in [-0.2, -0.15) is 0 Å². The molecule has 7 heteroatoms. The number of amides is 1. The molecule has 1 N–H and O–H groups in total. The zero-order valence-electron chi connectivity index (χ0n) is 16.0. The maximum atomic E-state index is 12.5. The summed E-state index contributed by atoms with van der Waals surface area (Å²) in [6.45, 7) is 4.03. The Balaban J connectivity index is 1.21. The highest BCUT2D eigenvalue weighted by atomic mass is 16.7. The summed E-state index contributed by atoms with van der Waals surface area (Å²) in [4.78, 5) is 16.8. The number of hydrogen-bond donors (Lipinski definition) is 1. The number of carbonyl (C=O) groups excluding carboxylic acids is 1. The minimum atomic E-state index is 0.183. The van der Waals surface area contributed by atoms with Crippen molar-refractivity contribution in [1.82, 2.24) is 4.90 Å². The predicted octanol–water partition coefficient (Wildman–Crippen LogP) is 2.57. The fraction of sp³-hybridized carbons (Fsp3) is 0.381. The lowest BCUT2D eigenvalue weighted by atomic mass is 10.2. The molecule has 1 saturated heterocycles. The minimum Gasteiger partial charge on any atom is -0.497 e. The second-order valence-corrected chi connectivity index (χ2v) is 6.81. The van der Waals surface area contributed by atoms with Gasteiger partial charge in [0.2, 0.25) is 12.7 Å². The van der Waals surface area contributed by atoms with Crippen LogP contribution in [0.25, 0.3) is 0 Å². The van der Waals surface area contributed by atoms with Gasteiger partial charge in [-0.05, 0) is 36.4 Å². The van der Waals surface area contributed by atoms with Gasteiger partial charge in [0.15, 0.2) is 11.5 Å². The Morgan fingerprint density at radius 1 is 1.04 bits per heavy atom. The van der Waals surface area contributed by atoms with Crippen LogP contribution in [0.5, 0.6) is 17.2 Å². The fourth-order valence-corrected chi connectivity index (χ4v) is 3.49. The number of methoxy groups -OCH3 is 1. The third kappa shape index (κ3) is 4.08. The van der Waals surface area contributed by atoms with E-state index in [4.69, 9.17) is 14.2 Å². The lowest BCUT2D eigenvalue weighted by Crippen LogP contribution is -2.49. The van der Waals surface area contributed by atoms with Crippen LogP contribution in [0.1, 0.15) is 6.42 Å². The van der Waals surface area contributed by atoms with E-state index in [1.165, 1.54) is 0 Å². The number of fused-ring (bicyclic) bond motifs is 1. The average Bonchev–Trinajstić information content (AvgIpc) is 3.22. The summed E-state index contributed by atoms with van der Waals surface area (Å²) in [7, 11) is 1.67. The van der Waals surface area contributed by atoms with Gasteiger partial charge in [-0.3, -0.25) is 4.79 Å². The summed E-state index contributed by atoms with van der Waals surface area (Å²) < 4.78 is 15.9. The van der Waals surface area contributed by atoms with Crippen molar-refractivity contribution in [3.63, 3.8) is 0 Å². The first-order chi connectivity index (χ1) is 13.7. The van der Waals surface area contributed by atoms with Gasteiger partial charge in [-0.25, -0.2) is 0 Å². The maximum absolute atomic E-state index is 12.5. The van der Waals surface area contributed by atoms with Gasteiger partial charge >= 0.3 is 0 Å². The fourth-order valence-electron chi connectivity index (χ4n) is 3.49. The van der Waals surface area contributed by atoms with Crippen molar-refractivity contribution in [3.05, 3.63) is 42.5 Å². The van der Waals surface area contributed by atoms with Crippen LogP contribution in [-0.4, -0.2) is 57.4 Å². The molecule has 1 amide bonds. The molecule has 2 aliphatic rings. The van der Waals surface area contributed by atoms with Gasteiger partial charge in [0, 0.05) is 56.6 Å². The Morgan fingerprint density at radius 3 is 2.54 bits per heavy atom. The molecule has 0 spiro atoms. The van der Waals surface area contributed by atoms with Crippen LogP contribution in [0.4, 0.5) is 11.4 Å². The summed E-state index contributed by atoms with van der Waals surface area (Å²) in [5.41, 5.74) is 2.10. The molecule has 0 radical (unpaired) electrons. The van der Waals surface area contributed by atoms with Crippen molar-refractivity contribution in [2.75, 3.05) is 56.8 Å². The second-order valence-electron chi connectivity index (χ2n) is 6.81. The number of nitrogens with one attached hydrogen (secondary N) is 1. The molecular weight excluding hydrogens is 358 g/mol. The molecule has 2 aliphatic heterocycles. The first kappa shape index (κ1) is 18.3. The first-order valence-corrected chi connectivity index (χ1v) is 9.53. The number of anilines is 2. The average molecular weight is 383 g/mol. The molecule has 2 aromatic carbocycles. The monoisotopic (exact) mass is 383 g/mol. The van der Waals surface area contributed by atoms with Gasteiger partial charge in [0.05, 0.1) is 7.11 Å². The van der Waals surface area contributed by atoms with Gasteiger partial charge in [-0.1, -0.05) is 0 Å². The summed E-state index contributed by atoms with van der Waals surface area (Å²) in [5, 5.41) is 3.28. The van der Waals surface area contributed by atoms with Crippen LogP contribution >= 0.6 is 0 Å². The molecule has 0 atom stereocenters.